The van der Waals surface area contributed by atoms with Crippen LogP contribution in [0.15, 0.2) is 30.3 Å². The molecule has 1 saturated heterocycles. The highest BCUT2D eigenvalue weighted by Gasteiger charge is 2.53. The van der Waals surface area contributed by atoms with E-state index >= 15 is 0 Å². The molecule has 32 heavy (non-hydrogen) atoms. The number of benzene rings is 1. The lowest BCUT2D eigenvalue weighted by Gasteiger charge is -2.35. The average molecular weight is 456 g/mol. The molecule has 2 saturated carbocycles. The Labute approximate surface area is 196 Å². The van der Waals surface area contributed by atoms with Gasteiger partial charge in [0.25, 0.3) is 0 Å². The summed E-state index contributed by atoms with van der Waals surface area (Å²) in [5.74, 6) is 1.49. The van der Waals surface area contributed by atoms with Gasteiger partial charge in [-0.1, -0.05) is 37.3 Å². The zero-order valence-corrected chi connectivity index (χ0v) is 19.8. The van der Waals surface area contributed by atoms with Gasteiger partial charge in [-0.25, -0.2) is 4.39 Å². The number of aromatic nitrogens is 2. The molecule has 5 rings (SSSR count). The summed E-state index contributed by atoms with van der Waals surface area (Å²) >= 11 is 6.20. The maximum Gasteiger partial charge on any atom is 0.123 e. The normalized spacial score (nSPS) is 23.9. The molecule has 2 aromatic rings. The first kappa shape index (κ1) is 22.3. The van der Waals surface area contributed by atoms with Gasteiger partial charge in [0.1, 0.15) is 5.82 Å². The van der Waals surface area contributed by atoms with Crippen LogP contribution in [0.5, 0.6) is 0 Å². The monoisotopic (exact) mass is 455 g/mol. The number of nitrogens with zero attached hydrogens (tertiary/aromatic N) is 3. The molecule has 3 fully saturated rings. The first-order chi connectivity index (χ1) is 15.6. The Morgan fingerprint density at radius 1 is 1.00 bits per heavy atom. The summed E-state index contributed by atoms with van der Waals surface area (Å²) in [6.45, 7) is 3.95. The number of rotatable bonds is 6. The van der Waals surface area contributed by atoms with Crippen molar-refractivity contribution in [2.45, 2.75) is 70.6 Å². The molecule has 5 heteroatoms. The second kappa shape index (κ2) is 9.77. The van der Waals surface area contributed by atoms with Gasteiger partial charge in [-0.2, -0.15) is 10.2 Å². The lowest BCUT2D eigenvalue weighted by Crippen LogP contribution is -2.38. The number of hydrogen-bond donors (Lipinski definition) is 0. The minimum absolute atomic E-state index is 0.311. The van der Waals surface area contributed by atoms with Crippen molar-refractivity contribution in [3.63, 3.8) is 0 Å². The molecule has 0 amide bonds. The summed E-state index contributed by atoms with van der Waals surface area (Å²) in [5.41, 5.74) is 2.86. The van der Waals surface area contributed by atoms with Crippen molar-refractivity contribution in [3.8, 4) is 11.3 Å². The predicted molar refractivity (Wildman–Crippen MR) is 128 cm³/mol. The van der Waals surface area contributed by atoms with Gasteiger partial charge in [0.05, 0.1) is 16.4 Å². The van der Waals surface area contributed by atoms with Crippen molar-refractivity contribution in [2.24, 2.45) is 17.3 Å². The molecule has 1 atom stereocenters. The molecule has 1 aromatic heterocycles. The average Bonchev–Trinajstić information content (AvgIpc) is 3.55. The summed E-state index contributed by atoms with van der Waals surface area (Å²) < 4.78 is 13.6. The summed E-state index contributed by atoms with van der Waals surface area (Å²) in [6.07, 6.45) is 15.0. The van der Waals surface area contributed by atoms with Gasteiger partial charge in [0.15, 0.2) is 0 Å². The van der Waals surface area contributed by atoms with Gasteiger partial charge in [0.2, 0.25) is 0 Å². The van der Waals surface area contributed by atoms with E-state index in [-0.39, 0.29) is 5.82 Å². The van der Waals surface area contributed by atoms with Crippen LogP contribution in [-0.4, -0.2) is 34.7 Å². The Morgan fingerprint density at radius 3 is 2.50 bits per heavy atom. The zero-order valence-electron chi connectivity index (χ0n) is 19.0. The standard InChI is InChI=1S/C27H35ClFN3/c28-25-11-8-22(29)17-24(25)26-12-10-23(30-31-26)9-7-21-18-27(21)13-15-32(16-14-27)19-20-5-3-1-2-4-6-20/h8,10-12,17,20-21H,1-7,9,13-16,18-19H2/t21-/m1/s1. The fourth-order valence-corrected chi connectivity index (χ4v) is 6.41. The first-order valence-corrected chi connectivity index (χ1v) is 13.0. The molecule has 1 spiro atoms. The van der Waals surface area contributed by atoms with E-state index in [2.05, 4.69) is 15.1 Å². The summed E-state index contributed by atoms with van der Waals surface area (Å²) in [7, 11) is 0. The van der Waals surface area contributed by atoms with Crippen molar-refractivity contribution >= 4 is 11.6 Å². The Morgan fingerprint density at radius 2 is 1.78 bits per heavy atom. The third-order valence-electron chi connectivity index (χ3n) is 8.37. The van der Waals surface area contributed by atoms with E-state index in [1.165, 1.54) is 96.0 Å². The first-order valence-electron chi connectivity index (χ1n) is 12.6. The molecule has 3 nitrogen and oxygen atoms in total. The van der Waals surface area contributed by atoms with Crippen LogP contribution in [0.3, 0.4) is 0 Å². The fourth-order valence-electron chi connectivity index (χ4n) is 6.20. The minimum atomic E-state index is -0.311. The van der Waals surface area contributed by atoms with Crippen molar-refractivity contribution in [1.82, 2.24) is 15.1 Å². The Hall–Kier alpha value is -1.52. The second-order valence-corrected chi connectivity index (χ2v) is 10.9. The van der Waals surface area contributed by atoms with Gasteiger partial charge in [-0.3, -0.25) is 0 Å². The van der Waals surface area contributed by atoms with Crippen molar-refractivity contribution in [1.29, 1.82) is 0 Å². The fraction of sp³-hybridized carbons (Fsp3) is 0.630. The number of aryl methyl sites for hydroxylation is 1. The van der Waals surface area contributed by atoms with Crippen molar-refractivity contribution < 1.29 is 4.39 Å². The molecule has 0 radical (unpaired) electrons. The van der Waals surface area contributed by atoms with Crippen LogP contribution in [0, 0.1) is 23.1 Å². The quantitative estimate of drug-likeness (QED) is 0.441. The van der Waals surface area contributed by atoms with Gasteiger partial charge < -0.3 is 4.90 Å². The number of hydrogen-bond acceptors (Lipinski definition) is 3. The number of likely N-dealkylation sites (tertiary alicyclic amines) is 1. The highest BCUT2D eigenvalue weighted by molar-refractivity contribution is 6.33. The molecular formula is C27H35ClFN3. The topological polar surface area (TPSA) is 29.0 Å². The maximum atomic E-state index is 13.6. The predicted octanol–water partition coefficient (Wildman–Crippen LogP) is 6.94. The highest BCUT2D eigenvalue weighted by atomic mass is 35.5. The lowest BCUT2D eigenvalue weighted by molar-refractivity contribution is 0.137. The Balaban J connectivity index is 1.08. The Bertz CT molecular complexity index is 900. The molecular weight excluding hydrogens is 421 g/mol. The van der Waals surface area contributed by atoms with Crippen molar-refractivity contribution in [3.05, 3.63) is 46.9 Å². The molecule has 1 aliphatic heterocycles. The molecule has 172 valence electrons. The molecule has 1 aromatic carbocycles. The van der Waals surface area contributed by atoms with Gasteiger partial charge >= 0.3 is 0 Å². The minimum Gasteiger partial charge on any atom is -0.303 e. The van der Waals surface area contributed by atoms with E-state index in [0.717, 1.165) is 24.0 Å². The summed E-state index contributed by atoms with van der Waals surface area (Å²) in [6, 6.07) is 8.28. The van der Waals surface area contributed by atoms with E-state index in [1.54, 1.807) is 6.07 Å². The van der Waals surface area contributed by atoms with Crippen LogP contribution in [0.2, 0.25) is 5.02 Å². The molecule has 2 aliphatic carbocycles. The van der Waals surface area contributed by atoms with E-state index in [1.807, 2.05) is 12.1 Å². The van der Waals surface area contributed by atoms with E-state index in [4.69, 9.17) is 11.6 Å². The number of piperidine rings is 1. The summed E-state index contributed by atoms with van der Waals surface area (Å²) in [5, 5.41) is 9.22. The molecule has 3 aliphatic rings. The van der Waals surface area contributed by atoms with Crippen LogP contribution in [0.25, 0.3) is 11.3 Å². The van der Waals surface area contributed by atoms with Crippen LogP contribution >= 0.6 is 11.6 Å². The SMILES string of the molecule is Fc1ccc(Cl)c(-c2ccc(CC[C@@H]3CC34CCN(CC3CCCCCC3)CC4)nn2)c1. The third kappa shape index (κ3) is 5.17. The molecule has 0 bridgehead atoms. The summed E-state index contributed by atoms with van der Waals surface area (Å²) in [4.78, 5) is 2.76. The molecule has 0 N–H and O–H groups in total. The van der Waals surface area contributed by atoms with Crippen LogP contribution in [0.4, 0.5) is 4.39 Å². The lowest BCUT2D eigenvalue weighted by atomic mass is 9.88. The van der Waals surface area contributed by atoms with E-state index < -0.39 is 0 Å². The van der Waals surface area contributed by atoms with Gasteiger partial charge in [-0.05, 0) is 106 Å². The maximum absolute atomic E-state index is 13.6. The van der Waals surface area contributed by atoms with Gasteiger partial charge in [-0.15, -0.1) is 0 Å². The van der Waals surface area contributed by atoms with Crippen LogP contribution in [-0.2, 0) is 6.42 Å². The Kier molecular flexibility index (Phi) is 6.80. The van der Waals surface area contributed by atoms with Crippen LogP contribution in [0.1, 0.15) is 69.9 Å². The highest BCUT2D eigenvalue weighted by Crippen LogP contribution is 2.61. The largest absolute Gasteiger partial charge is 0.303 e. The molecule has 0 unspecified atom stereocenters. The van der Waals surface area contributed by atoms with E-state index in [9.17, 15) is 4.39 Å². The van der Waals surface area contributed by atoms with Crippen LogP contribution < -0.4 is 0 Å². The molecule has 2 heterocycles. The number of halogens is 2. The van der Waals surface area contributed by atoms with E-state index in [0.29, 0.717) is 21.7 Å². The second-order valence-electron chi connectivity index (χ2n) is 10.5. The zero-order chi connectivity index (χ0) is 22.0. The third-order valence-corrected chi connectivity index (χ3v) is 8.70. The smallest absolute Gasteiger partial charge is 0.123 e. The van der Waals surface area contributed by atoms with Gasteiger partial charge in [0, 0.05) is 12.1 Å². The van der Waals surface area contributed by atoms with Crippen molar-refractivity contribution in [2.75, 3.05) is 19.6 Å².